The molecule has 1 atom stereocenters. The summed E-state index contributed by atoms with van der Waals surface area (Å²) < 4.78 is 5.71. The van der Waals surface area contributed by atoms with Crippen molar-refractivity contribution in [3.8, 4) is 0 Å². The first kappa shape index (κ1) is 16.9. The summed E-state index contributed by atoms with van der Waals surface area (Å²) in [6.45, 7) is 6.29. The van der Waals surface area contributed by atoms with E-state index in [2.05, 4.69) is 16.0 Å². The molecule has 1 aromatic carbocycles. The molecule has 1 aromatic heterocycles. The number of hydrogen-bond donors (Lipinski definition) is 3. The second kappa shape index (κ2) is 7.67. The maximum Gasteiger partial charge on any atom is 0.315 e. The Balaban J connectivity index is 1.77. The zero-order valence-electron chi connectivity index (χ0n) is 13.7. The minimum absolute atomic E-state index is 0.0251. The van der Waals surface area contributed by atoms with Crippen LogP contribution < -0.4 is 16.0 Å². The van der Waals surface area contributed by atoms with E-state index in [0.717, 1.165) is 11.0 Å². The van der Waals surface area contributed by atoms with Gasteiger partial charge in [-0.05, 0) is 19.1 Å². The fraction of sp³-hybridized carbons (Fsp3) is 0.412. The summed E-state index contributed by atoms with van der Waals surface area (Å²) in [4.78, 5) is 23.2. The van der Waals surface area contributed by atoms with Crippen molar-refractivity contribution in [3.05, 3.63) is 36.1 Å². The molecule has 124 valence electrons. The molecule has 23 heavy (non-hydrogen) atoms. The van der Waals surface area contributed by atoms with Crippen molar-refractivity contribution >= 4 is 22.9 Å². The molecule has 0 radical (unpaired) electrons. The highest BCUT2D eigenvalue weighted by molar-refractivity contribution is 5.79. The summed E-state index contributed by atoms with van der Waals surface area (Å²) in [5.74, 6) is 0.620. The van der Waals surface area contributed by atoms with Gasteiger partial charge < -0.3 is 20.4 Å². The highest BCUT2D eigenvalue weighted by atomic mass is 16.3. The maximum atomic E-state index is 11.8. The summed E-state index contributed by atoms with van der Waals surface area (Å²) in [6.07, 6.45) is 0. The molecule has 6 heteroatoms. The van der Waals surface area contributed by atoms with E-state index in [-0.39, 0.29) is 23.9 Å². The Morgan fingerprint density at radius 1 is 1.09 bits per heavy atom. The van der Waals surface area contributed by atoms with E-state index >= 15 is 0 Å². The molecule has 0 aliphatic heterocycles. The van der Waals surface area contributed by atoms with Crippen molar-refractivity contribution in [3.63, 3.8) is 0 Å². The first-order chi connectivity index (χ1) is 11.0. The number of carbonyl (C=O) groups is 2. The molecule has 0 aliphatic carbocycles. The van der Waals surface area contributed by atoms with E-state index in [1.165, 1.54) is 0 Å². The van der Waals surface area contributed by atoms with E-state index in [1.807, 2.05) is 51.1 Å². The van der Waals surface area contributed by atoms with Crippen LogP contribution >= 0.6 is 0 Å². The van der Waals surface area contributed by atoms with Crippen LogP contribution in [0.1, 0.15) is 32.6 Å². The Bertz CT molecular complexity index is 646. The fourth-order valence-electron chi connectivity index (χ4n) is 2.10. The Hall–Kier alpha value is -2.50. The van der Waals surface area contributed by atoms with Gasteiger partial charge in [-0.2, -0.15) is 0 Å². The minimum atomic E-state index is -0.295. The van der Waals surface area contributed by atoms with Gasteiger partial charge in [-0.3, -0.25) is 4.79 Å². The lowest BCUT2D eigenvalue weighted by Gasteiger charge is -2.13. The Labute approximate surface area is 135 Å². The van der Waals surface area contributed by atoms with Gasteiger partial charge in [0.1, 0.15) is 11.3 Å². The van der Waals surface area contributed by atoms with Crippen molar-refractivity contribution < 1.29 is 14.0 Å². The molecule has 0 fully saturated rings. The SMILES string of the molecule is CC(C)C(=O)NCCNC(=O)NC(C)c1cc2ccccc2o1. The van der Waals surface area contributed by atoms with E-state index < -0.39 is 0 Å². The van der Waals surface area contributed by atoms with Gasteiger partial charge in [-0.25, -0.2) is 4.79 Å². The summed E-state index contributed by atoms with van der Waals surface area (Å²) in [6, 6.07) is 9.09. The zero-order valence-corrected chi connectivity index (χ0v) is 13.7. The first-order valence-electron chi connectivity index (χ1n) is 7.78. The lowest BCUT2D eigenvalue weighted by atomic mass is 10.2. The largest absolute Gasteiger partial charge is 0.459 e. The van der Waals surface area contributed by atoms with Gasteiger partial charge in [0.2, 0.25) is 5.91 Å². The molecule has 0 saturated heterocycles. The third-order valence-electron chi connectivity index (χ3n) is 3.45. The number of carbonyl (C=O) groups excluding carboxylic acids is 2. The molecular weight excluding hydrogens is 294 g/mol. The molecule has 3 amide bonds. The van der Waals surface area contributed by atoms with E-state index in [1.54, 1.807) is 0 Å². The molecule has 1 unspecified atom stereocenters. The Morgan fingerprint density at radius 2 is 1.78 bits per heavy atom. The summed E-state index contributed by atoms with van der Waals surface area (Å²) in [7, 11) is 0. The highest BCUT2D eigenvalue weighted by Gasteiger charge is 2.14. The van der Waals surface area contributed by atoms with Crippen LogP contribution in [0.4, 0.5) is 4.79 Å². The van der Waals surface area contributed by atoms with Crippen LogP contribution in [0.25, 0.3) is 11.0 Å². The minimum Gasteiger partial charge on any atom is -0.459 e. The number of nitrogens with one attached hydrogen (secondary N) is 3. The van der Waals surface area contributed by atoms with Gasteiger partial charge in [0.25, 0.3) is 0 Å². The number of amides is 3. The van der Waals surface area contributed by atoms with E-state index in [9.17, 15) is 9.59 Å². The summed E-state index contributed by atoms with van der Waals surface area (Å²) >= 11 is 0. The van der Waals surface area contributed by atoms with Crippen molar-refractivity contribution in [1.82, 2.24) is 16.0 Å². The van der Waals surface area contributed by atoms with Crippen LogP contribution in [0.2, 0.25) is 0 Å². The molecule has 2 rings (SSSR count). The molecule has 0 spiro atoms. The number of furan rings is 1. The van der Waals surface area contributed by atoms with Gasteiger partial charge in [-0.1, -0.05) is 32.0 Å². The highest BCUT2D eigenvalue weighted by Crippen LogP contribution is 2.23. The van der Waals surface area contributed by atoms with Crippen LogP contribution in [0, 0.1) is 5.92 Å². The lowest BCUT2D eigenvalue weighted by Crippen LogP contribution is -2.41. The molecule has 3 N–H and O–H groups in total. The van der Waals surface area contributed by atoms with Gasteiger partial charge in [-0.15, -0.1) is 0 Å². The quantitative estimate of drug-likeness (QED) is 0.716. The number of urea groups is 1. The standard InChI is InChI=1S/C17H23N3O3/c1-11(2)16(21)18-8-9-19-17(22)20-12(3)15-10-13-6-4-5-7-14(13)23-15/h4-7,10-12H,8-9H2,1-3H3,(H,18,21)(H2,19,20,22). The van der Waals surface area contributed by atoms with Crippen LogP contribution in [0.15, 0.2) is 34.7 Å². The number of hydrogen-bond acceptors (Lipinski definition) is 3. The van der Waals surface area contributed by atoms with Crippen LogP contribution in [-0.4, -0.2) is 25.0 Å². The van der Waals surface area contributed by atoms with Crippen molar-refractivity contribution in [2.75, 3.05) is 13.1 Å². The number of benzene rings is 1. The van der Waals surface area contributed by atoms with E-state index in [0.29, 0.717) is 18.8 Å². The average molecular weight is 317 g/mol. The fourth-order valence-corrected chi connectivity index (χ4v) is 2.10. The van der Waals surface area contributed by atoms with Crippen molar-refractivity contribution in [1.29, 1.82) is 0 Å². The van der Waals surface area contributed by atoms with Gasteiger partial charge in [0, 0.05) is 24.4 Å². The third-order valence-corrected chi connectivity index (χ3v) is 3.45. The number of rotatable bonds is 6. The number of fused-ring (bicyclic) bond motifs is 1. The van der Waals surface area contributed by atoms with Crippen LogP contribution in [-0.2, 0) is 4.79 Å². The van der Waals surface area contributed by atoms with Crippen LogP contribution in [0.3, 0.4) is 0 Å². The molecule has 6 nitrogen and oxygen atoms in total. The third kappa shape index (κ3) is 4.74. The molecular formula is C17H23N3O3. The molecule has 0 bridgehead atoms. The van der Waals surface area contributed by atoms with Gasteiger partial charge >= 0.3 is 6.03 Å². The van der Waals surface area contributed by atoms with Crippen LogP contribution in [0.5, 0.6) is 0 Å². The second-order valence-corrected chi connectivity index (χ2v) is 5.75. The average Bonchev–Trinajstić information content (AvgIpc) is 2.95. The van der Waals surface area contributed by atoms with E-state index in [4.69, 9.17) is 4.42 Å². The van der Waals surface area contributed by atoms with Gasteiger partial charge in [0.05, 0.1) is 6.04 Å². The summed E-state index contributed by atoms with van der Waals surface area (Å²) in [5.41, 5.74) is 0.799. The molecule has 1 heterocycles. The molecule has 0 aliphatic rings. The monoisotopic (exact) mass is 317 g/mol. The zero-order chi connectivity index (χ0) is 16.8. The van der Waals surface area contributed by atoms with Crippen molar-refractivity contribution in [2.24, 2.45) is 5.92 Å². The predicted octanol–water partition coefficient (Wildman–Crippen LogP) is 2.57. The second-order valence-electron chi connectivity index (χ2n) is 5.75. The normalized spacial score (nSPS) is 12.2. The Kier molecular flexibility index (Phi) is 5.62. The number of para-hydroxylation sites is 1. The molecule has 2 aromatic rings. The van der Waals surface area contributed by atoms with Gasteiger partial charge in [0.15, 0.2) is 0 Å². The molecule has 0 saturated carbocycles. The smallest absolute Gasteiger partial charge is 0.315 e. The first-order valence-corrected chi connectivity index (χ1v) is 7.78. The van der Waals surface area contributed by atoms with Crippen molar-refractivity contribution in [2.45, 2.75) is 26.8 Å². The maximum absolute atomic E-state index is 11.8. The Morgan fingerprint density at radius 3 is 2.48 bits per heavy atom. The lowest BCUT2D eigenvalue weighted by molar-refractivity contribution is -0.123. The summed E-state index contributed by atoms with van der Waals surface area (Å²) in [5, 5.41) is 9.26. The predicted molar refractivity (Wildman–Crippen MR) is 89.0 cm³/mol. The topological polar surface area (TPSA) is 83.4 Å².